The van der Waals surface area contributed by atoms with Gasteiger partial charge in [-0.05, 0) is 42.8 Å². The fraction of sp³-hybridized carbons (Fsp3) is 0.188. The smallest absolute Gasteiger partial charge is 0.245 e. The van der Waals surface area contributed by atoms with Gasteiger partial charge in [-0.3, -0.25) is 9.10 Å². The van der Waals surface area contributed by atoms with E-state index in [1.807, 2.05) is 0 Å². The molecule has 0 unspecified atom stereocenters. The van der Waals surface area contributed by atoms with Crippen molar-refractivity contribution in [3.8, 4) is 0 Å². The number of rotatable bonds is 5. The zero-order valence-corrected chi connectivity index (χ0v) is 15.7. The maximum Gasteiger partial charge on any atom is 0.245 e. The molecule has 0 aliphatic heterocycles. The summed E-state index contributed by atoms with van der Waals surface area (Å²) in [6.45, 7) is 1.31. The summed E-state index contributed by atoms with van der Waals surface area (Å²) in [5.41, 5.74) is 1.31. The van der Waals surface area contributed by atoms with E-state index in [4.69, 9.17) is 23.2 Å². The molecule has 0 aromatic heterocycles. The molecule has 0 aliphatic carbocycles. The fourth-order valence-corrected chi connectivity index (χ4v) is 3.25. The van der Waals surface area contributed by atoms with Crippen LogP contribution in [0.3, 0.4) is 0 Å². The van der Waals surface area contributed by atoms with Gasteiger partial charge >= 0.3 is 0 Å². The molecule has 9 heteroatoms. The number of hydrogen-bond donors (Lipinski definition) is 1. The largest absolute Gasteiger partial charge is 0.324 e. The van der Waals surface area contributed by atoms with Gasteiger partial charge in [0.2, 0.25) is 15.9 Å². The Balaban J connectivity index is 2.23. The van der Waals surface area contributed by atoms with Crippen molar-refractivity contribution in [2.24, 2.45) is 0 Å². The van der Waals surface area contributed by atoms with Crippen molar-refractivity contribution in [2.45, 2.75) is 6.92 Å². The minimum Gasteiger partial charge on any atom is -0.324 e. The highest BCUT2D eigenvalue weighted by atomic mass is 35.5. The second kappa shape index (κ2) is 7.59. The summed E-state index contributed by atoms with van der Waals surface area (Å²) in [7, 11) is -3.72. The lowest BCUT2D eigenvalue weighted by molar-refractivity contribution is -0.114. The van der Waals surface area contributed by atoms with E-state index in [2.05, 4.69) is 5.32 Å². The number of aryl methyl sites for hydroxylation is 1. The molecule has 0 saturated heterocycles. The number of amides is 1. The molecule has 0 atom stereocenters. The van der Waals surface area contributed by atoms with E-state index >= 15 is 0 Å². The maximum absolute atomic E-state index is 13.1. The van der Waals surface area contributed by atoms with Crippen molar-refractivity contribution in [2.75, 3.05) is 22.4 Å². The predicted octanol–water partition coefficient (Wildman–Crippen LogP) is 3.85. The number of sulfonamides is 1. The normalized spacial score (nSPS) is 11.2. The molecule has 0 fully saturated rings. The minimum absolute atomic E-state index is 0.150. The Morgan fingerprint density at radius 3 is 2.40 bits per heavy atom. The van der Waals surface area contributed by atoms with Gasteiger partial charge in [0.15, 0.2) is 0 Å². The Kier molecular flexibility index (Phi) is 5.92. The molecule has 0 radical (unpaired) electrons. The van der Waals surface area contributed by atoms with Gasteiger partial charge in [-0.15, -0.1) is 0 Å². The first-order valence-electron chi connectivity index (χ1n) is 7.06. The highest BCUT2D eigenvalue weighted by Crippen LogP contribution is 2.25. The van der Waals surface area contributed by atoms with Crippen LogP contribution in [0.4, 0.5) is 15.8 Å². The lowest BCUT2D eigenvalue weighted by Crippen LogP contribution is -2.37. The highest BCUT2D eigenvalue weighted by molar-refractivity contribution is 7.92. The highest BCUT2D eigenvalue weighted by Gasteiger charge is 2.21. The number of nitrogens with one attached hydrogen (secondary N) is 1. The van der Waals surface area contributed by atoms with E-state index in [1.54, 1.807) is 19.1 Å². The van der Waals surface area contributed by atoms with Crippen LogP contribution in [0.5, 0.6) is 0 Å². The Morgan fingerprint density at radius 2 is 1.84 bits per heavy atom. The zero-order chi connectivity index (χ0) is 18.8. The maximum atomic E-state index is 13.1. The summed E-state index contributed by atoms with van der Waals surface area (Å²) >= 11 is 11.7. The molecule has 134 valence electrons. The molecule has 2 aromatic rings. The van der Waals surface area contributed by atoms with Gasteiger partial charge in [0.1, 0.15) is 12.4 Å². The van der Waals surface area contributed by atoms with E-state index in [1.165, 1.54) is 18.2 Å². The first-order valence-corrected chi connectivity index (χ1v) is 9.67. The minimum atomic E-state index is -3.72. The van der Waals surface area contributed by atoms with Crippen LogP contribution < -0.4 is 9.62 Å². The molecular weight excluding hydrogens is 390 g/mol. The molecule has 0 saturated carbocycles. The number of carbonyl (C=O) groups excluding carboxylic acids is 1. The second-order valence-corrected chi connectivity index (χ2v) is 8.10. The van der Waals surface area contributed by atoms with Crippen molar-refractivity contribution in [1.29, 1.82) is 0 Å². The van der Waals surface area contributed by atoms with Crippen molar-refractivity contribution in [3.63, 3.8) is 0 Å². The standard InChI is InChI=1S/C16H15Cl2FN2O3S/c1-10-3-5-12(8-13(10)17)21(25(2,23)24)9-16(22)20-11-4-6-15(19)14(18)7-11/h3-8H,9H2,1-2H3,(H,20,22). The third kappa shape index (κ3) is 5.07. The third-order valence-electron chi connectivity index (χ3n) is 3.33. The van der Waals surface area contributed by atoms with Crippen LogP contribution in [0.1, 0.15) is 5.56 Å². The molecule has 2 aromatic carbocycles. The molecule has 25 heavy (non-hydrogen) atoms. The van der Waals surface area contributed by atoms with Crippen molar-refractivity contribution in [3.05, 3.63) is 57.8 Å². The number of halogens is 3. The summed E-state index contributed by atoms with van der Waals surface area (Å²) < 4.78 is 38.2. The molecule has 5 nitrogen and oxygen atoms in total. The van der Waals surface area contributed by atoms with E-state index in [9.17, 15) is 17.6 Å². The van der Waals surface area contributed by atoms with E-state index in [0.29, 0.717) is 5.02 Å². The number of nitrogens with zero attached hydrogens (tertiary/aromatic N) is 1. The van der Waals surface area contributed by atoms with E-state index in [-0.39, 0.29) is 16.4 Å². The number of hydrogen-bond acceptors (Lipinski definition) is 3. The van der Waals surface area contributed by atoms with E-state index < -0.39 is 28.3 Å². The van der Waals surface area contributed by atoms with Gasteiger partial charge in [-0.2, -0.15) is 0 Å². The Morgan fingerprint density at radius 1 is 1.16 bits per heavy atom. The monoisotopic (exact) mass is 404 g/mol. The van der Waals surface area contributed by atoms with Crippen LogP contribution in [0.15, 0.2) is 36.4 Å². The molecular formula is C16H15Cl2FN2O3S. The summed E-state index contributed by atoms with van der Waals surface area (Å²) in [6.07, 6.45) is 0.989. The van der Waals surface area contributed by atoms with Gasteiger partial charge in [-0.1, -0.05) is 29.3 Å². The summed E-state index contributed by atoms with van der Waals surface area (Å²) in [5.74, 6) is -1.23. The van der Waals surface area contributed by atoms with Crippen molar-refractivity contribution >= 4 is 50.5 Å². The number of anilines is 2. The average Bonchev–Trinajstić information content (AvgIpc) is 2.50. The second-order valence-electron chi connectivity index (χ2n) is 5.38. The molecule has 0 spiro atoms. The lowest BCUT2D eigenvalue weighted by Gasteiger charge is -2.22. The van der Waals surface area contributed by atoms with Crippen LogP contribution in [-0.2, 0) is 14.8 Å². The quantitative estimate of drug-likeness (QED) is 0.822. The summed E-state index contributed by atoms with van der Waals surface area (Å²) in [6, 6.07) is 8.36. The zero-order valence-electron chi connectivity index (χ0n) is 13.4. The van der Waals surface area contributed by atoms with E-state index in [0.717, 1.165) is 22.2 Å². The molecule has 1 N–H and O–H groups in total. The summed E-state index contributed by atoms with van der Waals surface area (Å²) in [4.78, 5) is 12.2. The van der Waals surface area contributed by atoms with Crippen molar-refractivity contribution in [1.82, 2.24) is 0 Å². The molecule has 0 heterocycles. The Labute approximate surface area is 155 Å². The van der Waals surface area contributed by atoms with Crippen LogP contribution in [0.25, 0.3) is 0 Å². The molecule has 2 rings (SSSR count). The van der Waals surface area contributed by atoms with Crippen LogP contribution in [0, 0.1) is 12.7 Å². The molecule has 0 aliphatic rings. The van der Waals surface area contributed by atoms with Crippen LogP contribution >= 0.6 is 23.2 Å². The van der Waals surface area contributed by atoms with Crippen LogP contribution in [-0.4, -0.2) is 27.1 Å². The average molecular weight is 405 g/mol. The SMILES string of the molecule is Cc1ccc(N(CC(=O)Nc2ccc(F)c(Cl)c2)S(C)(=O)=O)cc1Cl. The van der Waals surface area contributed by atoms with Gasteiger partial charge in [0.25, 0.3) is 0 Å². The topological polar surface area (TPSA) is 66.5 Å². The Bertz CT molecular complexity index is 920. The first-order chi connectivity index (χ1) is 11.6. The Hall–Kier alpha value is -1.83. The number of benzene rings is 2. The molecule has 0 bridgehead atoms. The van der Waals surface area contributed by atoms with Gasteiger partial charge < -0.3 is 5.32 Å². The van der Waals surface area contributed by atoms with Crippen molar-refractivity contribution < 1.29 is 17.6 Å². The van der Waals surface area contributed by atoms with Gasteiger partial charge in [0, 0.05) is 10.7 Å². The van der Waals surface area contributed by atoms with Gasteiger partial charge in [0.05, 0.1) is 17.0 Å². The predicted molar refractivity (Wildman–Crippen MR) is 98.4 cm³/mol. The number of carbonyl (C=O) groups is 1. The lowest BCUT2D eigenvalue weighted by atomic mass is 10.2. The van der Waals surface area contributed by atoms with Gasteiger partial charge in [-0.25, -0.2) is 12.8 Å². The third-order valence-corrected chi connectivity index (χ3v) is 5.17. The molecule has 1 amide bonds. The first kappa shape index (κ1) is 19.5. The summed E-state index contributed by atoms with van der Waals surface area (Å²) in [5, 5.41) is 2.72. The fourth-order valence-electron chi connectivity index (χ4n) is 2.04. The van der Waals surface area contributed by atoms with Crippen LogP contribution in [0.2, 0.25) is 10.0 Å².